The Hall–Kier alpha value is -4.11. The molecule has 0 spiro atoms. The van der Waals surface area contributed by atoms with E-state index in [0.717, 1.165) is 22.3 Å². The molecule has 0 N–H and O–H groups in total. The summed E-state index contributed by atoms with van der Waals surface area (Å²) >= 11 is 1.19. The van der Waals surface area contributed by atoms with Crippen LogP contribution >= 0.6 is 11.8 Å². The van der Waals surface area contributed by atoms with Gasteiger partial charge in [-0.25, -0.2) is 9.59 Å². The molecule has 1 saturated heterocycles. The van der Waals surface area contributed by atoms with Crippen molar-refractivity contribution in [3.63, 3.8) is 0 Å². The molecule has 3 amide bonds. The second kappa shape index (κ2) is 8.83. The first-order valence-corrected chi connectivity index (χ1v) is 12.5. The number of amides is 3. The SMILES string of the molecule is O=C(ON1C(=O)c2ccccc2C1=O)C1SCCN1C(=O)OCC1c2ccccc2-c2ccccc21. The number of thioether (sulfide) groups is 1. The van der Waals surface area contributed by atoms with Crippen LogP contribution in [0.3, 0.4) is 0 Å². The maximum atomic E-state index is 13.0. The van der Waals surface area contributed by atoms with Gasteiger partial charge in [0.15, 0.2) is 5.37 Å². The van der Waals surface area contributed by atoms with Crippen LogP contribution in [0.2, 0.25) is 0 Å². The maximum absolute atomic E-state index is 13.0. The Balaban J connectivity index is 1.14. The van der Waals surface area contributed by atoms with Crippen molar-refractivity contribution in [1.29, 1.82) is 0 Å². The zero-order chi connectivity index (χ0) is 24.8. The van der Waals surface area contributed by atoms with Crippen molar-refractivity contribution in [3.05, 3.63) is 95.1 Å². The van der Waals surface area contributed by atoms with E-state index < -0.39 is 29.3 Å². The van der Waals surface area contributed by atoms with Crippen LogP contribution in [-0.4, -0.2) is 58.1 Å². The van der Waals surface area contributed by atoms with Crippen LogP contribution in [-0.2, 0) is 14.4 Å². The summed E-state index contributed by atoms with van der Waals surface area (Å²) in [6.45, 7) is 0.400. The fourth-order valence-electron chi connectivity index (χ4n) is 4.91. The number of hydrogen-bond acceptors (Lipinski definition) is 7. The Morgan fingerprint density at radius 1 is 0.806 bits per heavy atom. The van der Waals surface area contributed by atoms with Gasteiger partial charge in [-0.1, -0.05) is 65.7 Å². The van der Waals surface area contributed by atoms with Crippen molar-refractivity contribution >= 4 is 35.6 Å². The molecular weight excluding hydrogens is 480 g/mol. The molecule has 1 fully saturated rings. The van der Waals surface area contributed by atoms with Crippen LogP contribution < -0.4 is 0 Å². The van der Waals surface area contributed by atoms with Gasteiger partial charge in [0.25, 0.3) is 11.8 Å². The summed E-state index contributed by atoms with van der Waals surface area (Å²) in [5.74, 6) is -1.91. The number of hydroxylamine groups is 2. The molecule has 1 atom stereocenters. The molecular formula is C27H20N2O6S. The van der Waals surface area contributed by atoms with Gasteiger partial charge in [-0.2, -0.15) is 0 Å². The molecule has 36 heavy (non-hydrogen) atoms. The van der Waals surface area contributed by atoms with E-state index >= 15 is 0 Å². The lowest BCUT2D eigenvalue weighted by atomic mass is 9.98. The van der Waals surface area contributed by atoms with Crippen LogP contribution in [0.25, 0.3) is 11.1 Å². The molecule has 6 rings (SSSR count). The zero-order valence-corrected chi connectivity index (χ0v) is 19.8. The topological polar surface area (TPSA) is 93.2 Å². The molecule has 3 aliphatic rings. The number of rotatable bonds is 4. The molecule has 0 radical (unpaired) electrons. The Morgan fingerprint density at radius 2 is 1.33 bits per heavy atom. The minimum atomic E-state index is -1.02. The normalized spacial score (nSPS) is 18.2. The number of nitrogens with zero attached hydrogens (tertiary/aromatic N) is 2. The van der Waals surface area contributed by atoms with E-state index in [1.54, 1.807) is 12.1 Å². The number of carbonyl (C=O) groups is 4. The van der Waals surface area contributed by atoms with Crippen molar-refractivity contribution in [1.82, 2.24) is 9.96 Å². The van der Waals surface area contributed by atoms with Crippen molar-refractivity contribution in [2.45, 2.75) is 11.3 Å². The van der Waals surface area contributed by atoms with Crippen molar-refractivity contribution in [2.75, 3.05) is 18.9 Å². The first-order valence-electron chi connectivity index (χ1n) is 11.5. The van der Waals surface area contributed by atoms with Gasteiger partial charge in [-0.3, -0.25) is 14.5 Å². The fourth-order valence-corrected chi connectivity index (χ4v) is 5.99. The minimum Gasteiger partial charge on any atom is -0.448 e. The third-order valence-electron chi connectivity index (χ3n) is 6.60. The molecule has 0 aromatic heterocycles. The number of imide groups is 1. The minimum absolute atomic E-state index is 0.111. The van der Waals surface area contributed by atoms with E-state index in [0.29, 0.717) is 10.8 Å². The maximum Gasteiger partial charge on any atom is 0.411 e. The quantitative estimate of drug-likeness (QED) is 0.499. The van der Waals surface area contributed by atoms with Crippen LogP contribution in [0.4, 0.5) is 4.79 Å². The van der Waals surface area contributed by atoms with Gasteiger partial charge < -0.3 is 9.57 Å². The number of carbonyl (C=O) groups excluding carboxylic acids is 4. The van der Waals surface area contributed by atoms with E-state index in [4.69, 9.17) is 9.57 Å². The second-order valence-electron chi connectivity index (χ2n) is 8.58. The van der Waals surface area contributed by atoms with Crippen LogP contribution in [0.15, 0.2) is 72.8 Å². The highest BCUT2D eigenvalue weighted by Gasteiger charge is 2.43. The summed E-state index contributed by atoms with van der Waals surface area (Å²) in [4.78, 5) is 57.5. The Labute approximate surface area is 210 Å². The number of hydrogen-bond donors (Lipinski definition) is 0. The predicted molar refractivity (Wildman–Crippen MR) is 131 cm³/mol. The molecule has 8 nitrogen and oxygen atoms in total. The fraction of sp³-hybridized carbons (Fsp3) is 0.185. The van der Waals surface area contributed by atoms with Crippen molar-refractivity contribution in [2.24, 2.45) is 0 Å². The third-order valence-corrected chi connectivity index (χ3v) is 7.78. The molecule has 180 valence electrons. The lowest BCUT2D eigenvalue weighted by Crippen LogP contribution is -2.44. The lowest BCUT2D eigenvalue weighted by molar-refractivity contribution is -0.170. The van der Waals surface area contributed by atoms with Gasteiger partial charge in [0.1, 0.15) is 6.61 Å². The highest BCUT2D eigenvalue weighted by molar-refractivity contribution is 8.00. The summed E-state index contributed by atoms with van der Waals surface area (Å²) < 4.78 is 5.69. The van der Waals surface area contributed by atoms with Crippen molar-refractivity contribution < 1.29 is 28.8 Å². The molecule has 1 aliphatic carbocycles. The van der Waals surface area contributed by atoms with Gasteiger partial charge in [-0.05, 0) is 34.4 Å². The van der Waals surface area contributed by atoms with Gasteiger partial charge in [0, 0.05) is 18.2 Å². The van der Waals surface area contributed by atoms with E-state index in [-0.39, 0.29) is 30.2 Å². The standard InChI is InChI=1S/C27H20N2O6S/c30-23-20-11-5-6-12-21(20)24(31)29(23)35-26(32)25-28(13-14-36-25)27(33)34-15-22-18-9-3-1-7-16(18)17-8-2-4-10-19(17)22/h1-12,22,25H,13-15H2. The number of ether oxygens (including phenoxy) is 1. The molecule has 0 saturated carbocycles. The average molecular weight is 501 g/mol. The number of benzene rings is 3. The van der Waals surface area contributed by atoms with Gasteiger partial charge in [0.2, 0.25) is 0 Å². The summed E-state index contributed by atoms with van der Waals surface area (Å²) in [5.41, 5.74) is 4.75. The highest BCUT2D eigenvalue weighted by atomic mass is 32.2. The molecule has 1 unspecified atom stereocenters. The summed E-state index contributed by atoms with van der Waals surface area (Å²) in [6.07, 6.45) is -0.647. The van der Waals surface area contributed by atoms with E-state index in [9.17, 15) is 19.2 Å². The summed E-state index contributed by atoms with van der Waals surface area (Å²) in [5, 5.41) is -0.563. The van der Waals surface area contributed by atoms with Gasteiger partial charge in [0.05, 0.1) is 11.1 Å². The largest absolute Gasteiger partial charge is 0.448 e. The molecule has 9 heteroatoms. The van der Waals surface area contributed by atoms with Crippen LogP contribution in [0.1, 0.15) is 37.8 Å². The summed E-state index contributed by atoms with van der Waals surface area (Å²) in [6, 6.07) is 22.3. The van der Waals surface area contributed by atoms with E-state index in [1.807, 2.05) is 36.4 Å². The lowest BCUT2D eigenvalue weighted by Gasteiger charge is -2.24. The van der Waals surface area contributed by atoms with Crippen LogP contribution in [0, 0.1) is 0 Å². The molecule has 2 aliphatic heterocycles. The number of fused-ring (bicyclic) bond motifs is 4. The van der Waals surface area contributed by atoms with E-state index in [2.05, 4.69) is 12.1 Å². The Morgan fingerprint density at radius 3 is 1.92 bits per heavy atom. The second-order valence-corrected chi connectivity index (χ2v) is 9.77. The Bertz CT molecular complexity index is 1340. The first kappa shape index (κ1) is 22.4. The molecule has 3 aromatic carbocycles. The van der Waals surface area contributed by atoms with Gasteiger partial charge >= 0.3 is 12.1 Å². The molecule has 2 heterocycles. The molecule has 3 aromatic rings. The average Bonchev–Trinajstić information content (AvgIpc) is 3.59. The smallest absolute Gasteiger partial charge is 0.411 e. The third kappa shape index (κ3) is 3.54. The van der Waals surface area contributed by atoms with Crippen molar-refractivity contribution in [3.8, 4) is 11.1 Å². The zero-order valence-electron chi connectivity index (χ0n) is 19.0. The predicted octanol–water partition coefficient (Wildman–Crippen LogP) is 4.06. The van der Waals surface area contributed by atoms with Crippen LogP contribution in [0.5, 0.6) is 0 Å². The van der Waals surface area contributed by atoms with Gasteiger partial charge in [-0.15, -0.1) is 11.8 Å². The monoisotopic (exact) mass is 500 g/mol. The van der Waals surface area contributed by atoms with E-state index in [1.165, 1.54) is 28.8 Å². The molecule has 0 bridgehead atoms. The first-order chi connectivity index (χ1) is 17.5. The highest BCUT2D eigenvalue weighted by Crippen LogP contribution is 2.44. The Kier molecular flexibility index (Phi) is 5.49. The summed E-state index contributed by atoms with van der Waals surface area (Å²) in [7, 11) is 0.